The van der Waals surface area contributed by atoms with Gasteiger partial charge in [0, 0.05) is 49.5 Å². The van der Waals surface area contributed by atoms with Crippen molar-refractivity contribution in [2.45, 2.75) is 13.3 Å². The summed E-state index contributed by atoms with van der Waals surface area (Å²) >= 11 is 0. The van der Waals surface area contributed by atoms with Gasteiger partial charge in [0.25, 0.3) is 11.8 Å². The lowest BCUT2D eigenvalue weighted by Crippen LogP contribution is -2.27. The minimum absolute atomic E-state index is 0.126. The van der Waals surface area contributed by atoms with Gasteiger partial charge in [0.15, 0.2) is 0 Å². The largest absolute Gasteiger partial charge is 0.378 e. The molecular weight excluding hydrogens is 606 g/mol. The van der Waals surface area contributed by atoms with Crippen molar-refractivity contribution in [2.24, 2.45) is 5.73 Å². The van der Waals surface area contributed by atoms with E-state index in [1.807, 2.05) is 18.2 Å². The van der Waals surface area contributed by atoms with E-state index in [9.17, 15) is 9.59 Å². The second-order valence-corrected chi connectivity index (χ2v) is 9.98. The maximum Gasteiger partial charge on any atom is 0.251 e. The summed E-state index contributed by atoms with van der Waals surface area (Å²) in [7, 11) is 0. The molecule has 1 aromatic heterocycles. The van der Waals surface area contributed by atoms with Crippen LogP contribution in [-0.4, -0.2) is 112 Å². The summed E-state index contributed by atoms with van der Waals surface area (Å²) in [5, 5.41) is 15.2. The van der Waals surface area contributed by atoms with Crippen LogP contribution in [0.4, 0.5) is 23.5 Å². The Kier molecular flexibility index (Phi) is 18.1. The standard InChI is InChI=1S/C32H47N9O6/c1-2-13-36-30-39-31(37-16-20-47-24-23-46-18-14-34-28(42)25-6-4-3-5-7-25)41-32(40-30)38-27-10-8-26(9-11-27)29(43)35-15-19-45-22-21-44-17-12-33/h3-11H,2,12-24,33H2,1H3,(H,34,42)(H,35,43)(H3,36,37,38,39,40,41). The van der Waals surface area contributed by atoms with Gasteiger partial charge < -0.3 is 51.3 Å². The minimum Gasteiger partial charge on any atom is -0.378 e. The molecule has 0 saturated carbocycles. The third-order valence-corrected chi connectivity index (χ3v) is 6.21. The Bertz CT molecular complexity index is 1300. The molecule has 0 spiro atoms. The topological polar surface area (TPSA) is 196 Å². The molecule has 0 bridgehead atoms. The van der Waals surface area contributed by atoms with E-state index in [0.717, 1.165) is 6.42 Å². The number of amides is 2. The Labute approximate surface area is 275 Å². The first-order valence-corrected chi connectivity index (χ1v) is 15.8. The Balaban J connectivity index is 1.35. The van der Waals surface area contributed by atoms with Gasteiger partial charge in [0.2, 0.25) is 17.8 Å². The zero-order valence-electron chi connectivity index (χ0n) is 27.0. The average Bonchev–Trinajstić information content (AvgIpc) is 3.09. The van der Waals surface area contributed by atoms with E-state index in [0.29, 0.717) is 120 Å². The highest BCUT2D eigenvalue weighted by molar-refractivity contribution is 5.94. The fourth-order valence-corrected chi connectivity index (χ4v) is 3.89. The van der Waals surface area contributed by atoms with Crippen LogP contribution in [-0.2, 0) is 18.9 Å². The van der Waals surface area contributed by atoms with Gasteiger partial charge in [0.1, 0.15) is 0 Å². The molecule has 0 saturated heterocycles. The van der Waals surface area contributed by atoms with Gasteiger partial charge >= 0.3 is 0 Å². The second kappa shape index (κ2) is 23.0. The molecule has 0 unspecified atom stereocenters. The van der Waals surface area contributed by atoms with Crippen LogP contribution in [0.1, 0.15) is 34.1 Å². The molecule has 0 fully saturated rings. The lowest BCUT2D eigenvalue weighted by Gasteiger charge is -2.12. The zero-order valence-corrected chi connectivity index (χ0v) is 27.0. The molecule has 2 amide bonds. The smallest absolute Gasteiger partial charge is 0.251 e. The number of hydrogen-bond acceptors (Lipinski definition) is 13. The predicted octanol–water partition coefficient (Wildman–Crippen LogP) is 2.03. The van der Waals surface area contributed by atoms with Crippen LogP contribution >= 0.6 is 0 Å². The molecule has 0 aliphatic heterocycles. The number of carbonyl (C=O) groups excluding carboxylic acids is 2. The first-order chi connectivity index (χ1) is 23.1. The summed E-state index contributed by atoms with van der Waals surface area (Å²) < 4.78 is 21.8. The highest BCUT2D eigenvalue weighted by Crippen LogP contribution is 2.17. The van der Waals surface area contributed by atoms with Crippen LogP contribution in [0.15, 0.2) is 54.6 Å². The van der Waals surface area contributed by atoms with E-state index >= 15 is 0 Å². The molecule has 0 aliphatic carbocycles. The van der Waals surface area contributed by atoms with Crippen molar-refractivity contribution >= 4 is 35.3 Å². The Morgan fingerprint density at radius 1 is 0.596 bits per heavy atom. The van der Waals surface area contributed by atoms with Crippen molar-refractivity contribution in [3.8, 4) is 0 Å². The molecule has 15 nitrogen and oxygen atoms in total. The van der Waals surface area contributed by atoms with Crippen LogP contribution in [0.3, 0.4) is 0 Å². The first-order valence-electron chi connectivity index (χ1n) is 15.8. The number of anilines is 4. The van der Waals surface area contributed by atoms with Gasteiger partial charge in [-0.15, -0.1) is 0 Å². The maximum atomic E-state index is 12.5. The number of nitrogens with zero attached hydrogens (tertiary/aromatic N) is 3. The number of hydrogen-bond donors (Lipinski definition) is 6. The number of ether oxygens (including phenoxy) is 4. The van der Waals surface area contributed by atoms with Crippen LogP contribution in [0, 0.1) is 0 Å². The summed E-state index contributed by atoms with van der Waals surface area (Å²) in [6, 6.07) is 16.0. The van der Waals surface area contributed by atoms with Crippen molar-refractivity contribution in [1.29, 1.82) is 0 Å². The van der Waals surface area contributed by atoms with Gasteiger partial charge in [-0.2, -0.15) is 15.0 Å². The SMILES string of the molecule is CCCNc1nc(NCCOCCOCCNC(=O)c2ccccc2)nc(Nc2ccc(C(=O)NCCOCCOCCN)cc2)n1. The summed E-state index contributed by atoms with van der Waals surface area (Å²) in [4.78, 5) is 37.9. The van der Waals surface area contributed by atoms with E-state index < -0.39 is 0 Å². The Morgan fingerprint density at radius 2 is 1.09 bits per heavy atom. The molecule has 15 heteroatoms. The number of nitrogens with one attached hydrogen (secondary N) is 5. The quantitative estimate of drug-likeness (QED) is 0.0728. The van der Waals surface area contributed by atoms with Crippen LogP contribution in [0.25, 0.3) is 0 Å². The summed E-state index contributed by atoms with van der Waals surface area (Å²) in [6.45, 7) is 7.96. The Hall–Kier alpha value is -4.41. The van der Waals surface area contributed by atoms with Gasteiger partial charge in [-0.1, -0.05) is 25.1 Å². The fraction of sp³-hybridized carbons (Fsp3) is 0.469. The molecular formula is C32H47N9O6. The number of rotatable bonds is 25. The van der Waals surface area contributed by atoms with E-state index in [-0.39, 0.29) is 11.8 Å². The first kappa shape index (κ1) is 37.1. The van der Waals surface area contributed by atoms with Crippen LogP contribution < -0.4 is 32.3 Å². The van der Waals surface area contributed by atoms with Crippen molar-refractivity contribution in [2.75, 3.05) is 102 Å². The summed E-state index contributed by atoms with van der Waals surface area (Å²) in [5.41, 5.74) is 7.22. The van der Waals surface area contributed by atoms with Crippen LogP contribution in [0.2, 0.25) is 0 Å². The molecule has 1 heterocycles. The monoisotopic (exact) mass is 653 g/mol. The molecule has 256 valence electrons. The number of aromatic nitrogens is 3. The molecule has 3 aromatic rings. The van der Waals surface area contributed by atoms with Crippen LogP contribution in [0.5, 0.6) is 0 Å². The van der Waals surface area contributed by atoms with E-state index in [1.54, 1.807) is 36.4 Å². The van der Waals surface area contributed by atoms with Gasteiger partial charge in [-0.25, -0.2) is 0 Å². The molecule has 3 rings (SSSR count). The minimum atomic E-state index is -0.196. The van der Waals surface area contributed by atoms with Crippen molar-refractivity contribution < 1.29 is 28.5 Å². The van der Waals surface area contributed by atoms with Gasteiger partial charge in [-0.3, -0.25) is 9.59 Å². The highest BCUT2D eigenvalue weighted by atomic mass is 16.5. The number of benzene rings is 2. The second-order valence-electron chi connectivity index (χ2n) is 9.98. The van der Waals surface area contributed by atoms with Crippen molar-refractivity contribution in [3.63, 3.8) is 0 Å². The molecule has 7 N–H and O–H groups in total. The third-order valence-electron chi connectivity index (χ3n) is 6.21. The van der Waals surface area contributed by atoms with E-state index in [1.165, 1.54) is 0 Å². The summed E-state index contributed by atoms with van der Waals surface area (Å²) in [5.74, 6) is 0.848. The van der Waals surface area contributed by atoms with Gasteiger partial charge in [0.05, 0.1) is 52.9 Å². The normalized spacial score (nSPS) is 10.8. The fourth-order valence-electron chi connectivity index (χ4n) is 3.89. The van der Waals surface area contributed by atoms with E-state index in [2.05, 4.69) is 48.5 Å². The number of carbonyl (C=O) groups is 2. The number of nitrogens with two attached hydrogens (primary N) is 1. The lowest BCUT2D eigenvalue weighted by atomic mass is 10.2. The molecule has 0 aliphatic rings. The highest BCUT2D eigenvalue weighted by Gasteiger charge is 2.09. The van der Waals surface area contributed by atoms with Crippen molar-refractivity contribution in [3.05, 3.63) is 65.7 Å². The predicted molar refractivity (Wildman–Crippen MR) is 180 cm³/mol. The maximum absolute atomic E-state index is 12.5. The molecule has 0 radical (unpaired) electrons. The average molecular weight is 654 g/mol. The lowest BCUT2D eigenvalue weighted by molar-refractivity contribution is 0.0511. The van der Waals surface area contributed by atoms with Gasteiger partial charge in [-0.05, 0) is 42.8 Å². The van der Waals surface area contributed by atoms with Crippen molar-refractivity contribution in [1.82, 2.24) is 25.6 Å². The summed E-state index contributed by atoms with van der Waals surface area (Å²) in [6.07, 6.45) is 0.908. The molecule has 47 heavy (non-hydrogen) atoms. The zero-order chi connectivity index (χ0) is 33.4. The Morgan fingerprint density at radius 3 is 1.64 bits per heavy atom. The third kappa shape index (κ3) is 15.6. The molecule has 0 atom stereocenters. The van der Waals surface area contributed by atoms with E-state index in [4.69, 9.17) is 24.7 Å². The molecule has 2 aromatic carbocycles.